The fraction of sp³-hybridized carbons (Fsp3) is 0.824. The van der Waals surface area contributed by atoms with Crippen LogP contribution in [-0.4, -0.2) is 73.0 Å². The second kappa shape index (κ2) is 9.84. The molecule has 1 aliphatic heterocycles. The fourth-order valence-electron chi connectivity index (χ4n) is 2.79. The molecule has 148 valence electrons. The summed E-state index contributed by atoms with van der Waals surface area (Å²) in [5, 5.41) is 10.5. The van der Waals surface area contributed by atoms with Crippen LogP contribution in [0, 0.1) is 0 Å². The Morgan fingerprint density at radius 1 is 1.35 bits per heavy atom. The number of hydrogen-bond acceptors (Lipinski definition) is 7. The van der Waals surface area contributed by atoms with Crippen molar-refractivity contribution in [2.24, 2.45) is 4.99 Å². The third-order valence-electron chi connectivity index (χ3n) is 4.45. The Labute approximate surface area is 155 Å². The van der Waals surface area contributed by atoms with Gasteiger partial charge in [-0.05, 0) is 27.7 Å². The van der Waals surface area contributed by atoms with Gasteiger partial charge in [0.1, 0.15) is 6.10 Å². The van der Waals surface area contributed by atoms with Gasteiger partial charge in [0.05, 0.1) is 19.8 Å². The van der Waals surface area contributed by atoms with Crippen molar-refractivity contribution in [2.45, 2.75) is 45.9 Å². The number of hydrogen-bond donors (Lipinski definition) is 2. The molecular weight excluding hydrogens is 336 g/mol. The van der Waals surface area contributed by atoms with Crippen LogP contribution in [0.4, 0.5) is 0 Å². The number of aliphatic imine (C=N–C) groups is 1. The number of nitrogens with zero attached hydrogens (tertiary/aromatic N) is 4. The first kappa shape index (κ1) is 20.6. The normalized spacial score (nSPS) is 18.0. The van der Waals surface area contributed by atoms with Crippen molar-refractivity contribution in [1.29, 1.82) is 0 Å². The molecule has 0 saturated carbocycles. The van der Waals surface area contributed by atoms with Gasteiger partial charge in [0, 0.05) is 38.8 Å². The highest BCUT2D eigenvalue weighted by Crippen LogP contribution is 2.15. The van der Waals surface area contributed by atoms with E-state index in [9.17, 15) is 0 Å². The Morgan fingerprint density at radius 3 is 2.73 bits per heavy atom. The third kappa shape index (κ3) is 5.93. The lowest BCUT2D eigenvalue weighted by Gasteiger charge is -2.41. The number of morpholine rings is 1. The van der Waals surface area contributed by atoms with Crippen LogP contribution >= 0.6 is 0 Å². The van der Waals surface area contributed by atoms with E-state index in [0.717, 1.165) is 32.8 Å². The van der Waals surface area contributed by atoms with Crippen molar-refractivity contribution in [1.82, 2.24) is 25.7 Å². The van der Waals surface area contributed by atoms with E-state index in [0.29, 0.717) is 30.8 Å². The highest BCUT2D eigenvalue weighted by atomic mass is 16.5. The van der Waals surface area contributed by atoms with E-state index >= 15 is 0 Å². The molecule has 0 spiro atoms. The van der Waals surface area contributed by atoms with Crippen LogP contribution in [0.25, 0.3) is 0 Å². The Kier molecular flexibility index (Phi) is 7.80. The summed E-state index contributed by atoms with van der Waals surface area (Å²) in [5.41, 5.74) is 0.00593. The van der Waals surface area contributed by atoms with Crippen LogP contribution < -0.4 is 10.6 Å². The standard InChI is InChI=1S/C17H32N6O3/c1-6-25-13(2)15-21-14(26-22-15)11-19-16(18-5)20-12-17(3,4)23-7-9-24-10-8-23/h13H,6-12H2,1-5H3,(H2,18,19,20). The second-order valence-electron chi connectivity index (χ2n) is 6.84. The van der Waals surface area contributed by atoms with Crippen LogP contribution in [0.15, 0.2) is 9.52 Å². The number of ether oxygens (including phenoxy) is 2. The van der Waals surface area contributed by atoms with Gasteiger partial charge in [0.2, 0.25) is 5.89 Å². The van der Waals surface area contributed by atoms with Gasteiger partial charge < -0.3 is 24.6 Å². The van der Waals surface area contributed by atoms with Gasteiger partial charge in [-0.1, -0.05) is 5.16 Å². The summed E-state index contributed by atoms with van der Waals surface area (Å²) in [6, 6.07) is 0. The molecule has 9 nitrogen and oxygen atoms in total. The summed E-state index contributed by atoms with van der Waals surface area (Å²) in [5.74, 6) is 1.76. The minimum Gasteiger partial charge on any atom is -0.379 e. The Hall–Kier alpha value is -1.71. The Bertz CT molecular complexity index is 569. The maximum absolute atomic E-state index is 5.47. The van der Waals surface area contributed by atoms with Crippen LogP contribution in [0.1, 0.15) is 45.5 Å². The van der Waals surface area contributed by atoms with Crippen molar-refractivity contribution in [3.8, 4) is 0 Å². The number of guanidine groups is 1. The monoisotopic (exact) mass is 368 g/mol. The van der Waals surface area contributed by atoms with Crippen molar-refractivity contribution in [2.75, 3.05) is 46.5 Å². The molecule has 2 N–H and O–H groups in total. The molecule has 9 heteroatoms. The molecule has 0 bridgehead atoms. The number of nitrogens with one attached hydrogen (secondary N) is 2. The summed E-state index contributed by atoms with van der Waals surface area (Å²) in [6.45, 7) is 13.5. The molecule has 1 unspecified atom stereocenters. The fourth-order valence-corrected chi connectivity index (χ4v) is 2.79. The third-order valence-corrected chi connectivity index (χ3v) is 4.45. The molecule has 1 saturated heterocycles. The lowest BCUT2D eigenvalue weighted by Crippen LogP contribution is -2.56. The van der Waals surface area contributed by atoms with Gasteiger partial charge in [0.25, 0.3) is 0 Å². The first-order valence-corrected chi connectivity index (χ1v) is 9.17. The van der Waals surface area contributed by atoms with Gasteiger partial charge >= 0.3 is 0 Å². The van der Waals surface area contributed by atoms with Gasteiger partial charge in [-0.3, -0.25) is 9.89 Å². The summed E-state index contributed by atoms with van der Waals surface area (Å²) in [4.78, 5) is 11.0. The van der Waals surface area contributed by atoms with E-state index in [2.05, 4.69) is 44.5 Å². The minimum absolute atomic E-state index is 0.00593. The molecule has 2 heterocycles. The predicted octanol–water partition coefficient (Wildman–Crippen LogP) is 0.943. The molecule has 0 amide bonds. The van der Waals surface area contributed by atoms with E-state index in [1.807, 2.05) is 13.8 Å². The molecule has 0 aliphatic carbocycles. The first-order valence-electron chi connectivity index (χ1n) is 9.17. The molecule has 0 radical (unpaired) electrons. The lowest BCUT2D eigenvalue weighted by atomic mass is 10.0. The van der Waals surface area contributed by atoms with Gasteiger partial charge in [0.15, 0.2) is 11.8 Å². The maximum Gasteiger partial charge on any atom is 0.246 e. The Balaban J connectivity index is 1.80. The molecule has 26 heavy (non-hydrogen) atoms. The summed E-state index contributed by atoms with van der Waals surface area (Å²) < 4.78 is 16.2. The Morgan fingerprint density at radius 2 is 2.08 bits per heavy atom. The minimum atomic E-state index is -0.177. The highest BCUT2D eigenvalue weighted by molar-refractivity contribution is 5.79. The number of aromatic nitrogens is 2. The van der Waals surface area contributed by atoms with Crippen molar-refractivity contribution >= 4 is 5.96 Å². The first-order chi connectivity index (χ1) is 12.5. The lowest BCUT2D eigenvalue weighted by molar-refractivity contribution is -0.00834. The summed E-state index contributed by atoms with van der Waals surface area (Å²) in [6.07, 6.45) is -0.177. The summed E-state index contributed by atoms with van der Waals surface area (Å²) in [7, 11) is 1.74. The molecule has 2 rings (SSSR count). The van der Waals surface area contributed by atoms with Gasteiger partial charge in [-0.2, -0.15) is 4.98 Å². The molecule has 1 aromatic heterocycles. The van der Waals surface area contributed by atoms with E-state index < -0.39 is 0 Å². The molecule has 1 aliphatic rings. The molecule has 0 aromatic carbocycles. The van der Waals surface area contributed by atoms with Crippen LogP contribution in [0.5, 0.6) is 0 Å². The number of rotatable bonds is 8. The molecular formula is C17H32N6O3. The average molecular weight is 368 g/mol. The van der Waals surface area contributed by atoms with E-state index in [1.165, 1.54) is 0 Å². The topological polar surface area (TPSA) is 97.0 Å². The predicted molar refractivity (Wildman–Crippen MR) is 99.0 cm³/mol. The van der Waals surface area contributed by atoms with Crippen molar-refractivity contribution < 1.29 is 14.0 Å². The average Bonchev–Trinajstić information content (AvgIpc) is 3.12. The van der Waals surface area contributed by atoms with Crippen molar-refractivity contribution in [3.63, 3.8) is 0 Å². The summed E-state index contributed by atoms with van der Waals surface area (Å²) >= 11 is 0. The zero-order chi connectivity index (χ0) is 19.0. The highest BCUT2D eigenvalue weighted by Gasteiger charge is 2.28. The molecule has 1 fully saturated rings. The van der Waals surface area contributed by atoms with Crippen LogP contribution in [0.3, 0.4) is 0 Å². The molecule has 1 atom stereocenters. The van der Waals surface area contributed by atoms with E-state index in [1.54, 1.807) is 7.05 Å². The smallest absolute Gasteiger partial charge is 0.246 e. The maximum atomic E-state index is 5.47. The quantitative estimate of drug-likeness (QED) is 0.517. The largest absolute Gasteiger partial charge is 0.379 e. The second-order valence-corrected chi connectivity index (χ2v) is 6.84. The SMILES string of the molecule is CCOC(C)c1noc(CNC(=NC)NCC(C)(C)N2CCOCC2)n1. The van der Waals surface area contributed by atoms with E-state index in [-0.39, 0.29) is 11.6 Å². The zero-order valence-corrected chi connectivity index (χ0v) is 16.5. The van der Waals surface area contributed by atoms with E-state index in [4.69, 9.17) is 14.0 Å². The molecule has 1 aromatic rings. The van der Waals surface area contributed by atoms with Crippen molar-refractivity contribution in [3.05, 3.63) is 11.7 Å². The van der Waals surface area contributed by atoms with Gasteiger partial charge in [-0.25, -0.2) is 0 Å². The van der Waals surface area contributed by atoms with Crippen LogP contribution in [-0.2, 0) is 16.0 Å². The van der Waals surface area contributed by atoms with Crippen LogP contribution in [0.2, 0.25) is 0 Å². The zero-order valence-electron chi connectivity index (χ0n) is 16.5. The van der Waals surface area contributed by atoms with Gasteiger partial charge in [-0.15, -0.1) is 0 Å².